The molecule has 0 saturated carbocycles. The van der Waals surface area contributed by atoms with E-state index in [2.05, 4.69) is 9.97 Å². The molecule has 0 radical (unpaired) electrons. The maximum Gasteiger partial charge on any atom is 0.258 e. The van der Waals surface area contributed by atoms with Gasteiger partial charge in [0.25, 0.3) is 5.88 Å². The topological polar surface area (TPSA) is 70.3 Å². The Hall–Kier alpha value is -2.82. The fraction of sp³-hybridized carbons (Fsp3) is 0.222. The summed E-state index contributed by atoms with van der Waals surface area (Å²) < 4.78 is 10.9. The number of nitrogens with two attached hydrogens (primary N) is 1. The fourth-order valence-electron chi connectivity index (χ4n) is 2.29. The number of fused-ring (bicyclic) bond motifs is 1. The molecule has 0 amide bonds. The van der Waals surface area contributed by atoms with Crippen LogP contribution in [0.1, 0.15) is 16.7 Å². The van der Waals surface area contributed by atoms with Crippen molar-refractivity contribution in [2.75, 3.05) is 12.8 Å². The first kappa shape index (κ1) is 15.1. The van der Waals surface area contributed by atoms with Crippen molar-refractivity contribution in [3.8, 4) is 11.6 Å². The normalized spacial score (nSPS) is 10.7. The SMILES string of the molecule is COc1ccc(COc2nc3cc(C)c(C)cc3nc2N)cc1. The Morgan fingerprint density at radius 3 is 2.17 bits per heavy atom. The van der Waals surface area contributed by atoms with Gasteiger partial charge in [-0.25, -0.2) is 9.97 Å². The van der Waals surface area contributed by atoms with Crippen LogP contribution in [0.2, 0.25) is 0 Å². The number of rotatable bonds is 4. The summed E-state index contributed by atoms with van der Waals surface area (Å²) >= 11 is 0. The summed E-state index contributed by atoms with van der Waals surface area (Å²) in [5.74, 6) is 1.47. The number of aryl methyl sites for hydroxylation is 2. The quantitative estimate of drug-likeness (QED) is 0.799. The average Bonchev–Trinajstić information content (AvgIpc) is 2.55. The van der Waals surface area contributed by atoms with Gasteiger partial charge in [-0.3, -0.25) is 0 Å². The van der Waals surface area contributed by atoms with Crippen LogP contribution in [-0.2, 0) is 6.61 Å². The van der Waals surface area contributed by atoms with E-state index < -0.39 is 0 Å². The molecule has 3 rings (SSSR count). The second-order valence-corrected chi connectivity index (χ2v) is 5.48. The lowest BCUT2D eigenvalue weighted by Gasteiger charge is -2.10. The van der Waals surface area contributed by atoms with Crippen LogP contribution < -0.4 is 15.2 Å². The standard InChI is InChI=1S/C18H19N3O2/c1-11-8-15-16(9-12(11)2)21-18(17(19)20-15)23-10-13-4-6-14(22-3)7-5-13/h4-9H,10H2,1-3H3,(H2,19,20). The Bertz CT molecular complexity index is 845. The van der Waals surface area contributed by atoms with Gasteiger partial charge in [0.05, 0.1) is 18.1 Å². The number of anilines is 1. The Kier molecular flexibility index (Phi) is 4.02. The van der Waals surface area contributed by atoms with E-state index >= 15 is 0 Å². The molecular weight excluding hydrogens is 290 g/mol. The monoisotopic (exact) mass is 309 g/mol. The highest BCUT2D eigenvalue weighted by Gasteiger charge is 2.09. The van der Waals surface area contributed by atoms with Gasteiger partial charge in [-0.05, 0) is 54.8 Å². The van der Waals surface area contributed by atoms with E-state index in [0.29, 0.717) is 18.3 Å². The van der Waals surface area contributed by atoms with Crippen molar-refractivity contribution < 1.29 is 9.47 Å². The second-order valence-electron chi connectivity index (χ2n) is 5.48. The summed E-state index contributed by atoms with van der Waals surface area (Å²) in [6, 6.07) is 11.6. The van der Waals surface area contributed by atoms with Crippen LogP contribution in [0.25, 0.3) is 11.0 Å². The van der Waals surface area contributed by atoms with Gasteiger partial charge < -0.3 is 15.2 Å². The second kappa shape index (κ2) is 6.12. The van der Waals surface area contributed by atoms with Gasteiger partial charge in [0, 0.05) is 0 Å². The van der Waals surface area contributed by atoms with Gasteiger partial charge >= 0.3 is 0 Å². The zero-order valence-corrected chi connectivity index (χ0v) is 13.5. The van der Waals surface area contributed by atoms with Gasteiger partial charge in [0.1, 0.15) is 12.4 Å². The number of hydrogen-bond acceptors (Lipinski definition) is 5. The van der Waals surface area contributed by atoms with Crippen molar-refractivity contribution in [3.05, 3.63) is 53.1 Å². The highest BCUT2D eigenvalue weighted by molar-refractivity contribution is 5.78. The van der Waals surface area contributed by atoms with E-state index in [1.54, 1.807) is 7.11 Å². The molecule has 0 spiro atoms. The molecule has 5 heteroatoms. The predicted molar refractivity (Wildman–Crippen MR) is 90.8 cm³/mol. The third-order valence-electron chi connectivity index (χ3n) is 3.81. The maximum atomic E-state index is 5.97. The number of nitrogen functional groups attached to an aromatic ring is 1. The number of methoxy groups -OCH3 is 1. The third kappa shape index (κ3) is 3.18. The first-order valence-corrected chi connectivity index (χ1v) is 7.37. The molecule has 3 aromatic rings. The molecule has 0 aliphatic heterocycles. The molecule has 23 heavy (non-hydrogen) atoms. The Labute approximate surface area is 135 Å². The minimum absolute atomic E-state index is 0.300. The molecule has 1 aromatic heterocycles. The van der Waals surface area contributed by atoms with Crippen molar-refractivity contribution in [1.82, 2.24) is 9.97 Å². The van der Waals surface area contributed by atoms with Crippen LogP contribution in [-0.4, -0.2) is 17.1 Å². The van der Waals surface area contributed by atoms with Crippen molar-refractivity contribution in [2.45, 2.75) is 20.5 Å². The van der Waals surface area contributed by atoms with E-state index in [4.69, 9.17) is 15.2 Å². The lowest BCUT2D eigenvalue weighted by atomic mass is 10.1. The molecule has 0 atom stereocenters. The van der Waals surface area contributed by atoms with Gasteiger partial charge in [0.2, 0.25) is 0 Å². The van der Waals surface area contributed by atoms with Gasteiger partial charge in [-0.15, -0.1) is 0 Å². The van der Waals surface area contributed by atoms with Crippen molar-refractivity contribution in [2.24, 2.45) is 0 Å². The average molecular weight is 309 g/mol. The van der Waals surface area contributed by atoms with Gasteiger partial charge in [0.15, 0.2) is 5.82 Å². The molecule has 0 bridgehead atoms. The Morgan fingerprint density at radius 1 is 0.957 bits per heavy atom. The van der Waals surface area contributed by atoms with Gasteiger partial charge in [-0.1, -0.05) is 12.1 Å². The van der Waals surface area contributed by atoms with E-state index in [1.807, 2.05) is 50.2 Å². The summed E-state index contributed by atoms with van der Waals surface area (Å²) in [5, 5.41) is 0. The van der Waals surface area contributed by atoms with Crippen LogP contribution in [0, 0.1) is 13.8 Å². The van der Waals surface area contributed by atoms with E-state index in [1.165, 1.54) is 0 Å². The largest absolute Gasteiger partial charge is 0.497 e. The molecule has 0 unspecified atom stereocenters. The highest BCUT2D eigenvalue weighted by Crippen LogP contribution is 2.24. The van der Waals surface area contributed by atoms with E-state index in [-0.39, 0.29) is 0 Å². The number of benzene rings is 2. The summed E-state index contributed by atoms with van der Waals surface area (Å²) in [5.41, 5.74) is 10.9. The third-order valence-corrected chi connectivity index (χ3v) is 3.81. The molecule has 0 aliphatic carbocycles. The summed E-state index contributed by atoms with van der Waals surface area (Å²) in [7, 11) is 1.64. The zero-order valence-electron chi connectivity index (χ0n) is 13.5. The number of hydrogen-bond donors (Lipinski definition) is 1. The van der Waals surface area contributed by atoms with Crippen LogP contribution in [0.3, 0.4) is 0 Å². The molecule has 0 fully saturated rings. The maximum absolute atomic E-state index is 5.97. The number of aromatic nitrogens is 2. The smallest absolute Gasteiger partial charge is 0.258 e. The summed E-state index contributed by atoms with van der Waals surface area (Å²) in [6.45, 7) is 4.46. The summed E-state index contributed by atoms with van der Waals surface area (Å²) in [4.78, 5) is 8.88. The first-order chi connectivity index (χ1) is 11.1. The molecule has 0 saturated heterocycles. The molecule has 2 N–H and O–H groups in total. The summed E-state index contributed by atoms with van der Waals surface area (Å²) in [6.07, 6.45) is 0. The molecular formula is C18H19N3O2. The Balaban J connectivity index is 1.84. The lowest BCUT2D eigenvalue weighted by molar-refractivity contribution is 0.295. The minimum Gasteiger partial charge on any atom is -0.497 e. The molecule has 118 valence electrons. The van der Waals surface area contributed by atoms with Crippen molar-refractivity contribution >= 4 is 16.9 Å². The lowest BCUT2D eigenvalue weighted by Crippen LogP contribution is -2.03. The molecule has 5 nitrogen and oxygen atoms in total. The highest BCUT2D eigenvalue weighted by atomic mass is 16.5. The zero-order chi connectivity index (χ0) is 16.4. The van der Waals surface area contributed by atoms with Crippen LogP contribution >= 0.6 is 0 Å². The molecule has 0 aliphatic rings. The fourth-order valence-corrected chi connectivity index (χ4v) is 2.29. The number of nitrogens with zero attached hydrogens (tertiary/aromatic N) is 2. The Morgan fingerprint density at radius 2 is 1.57 bits per heavy atom. The van der Waals surface area contributed by atoms with Crippen LogP contribution in [0.15, 0.2) is 36.4 Å². The van der Waals surface area contributed by atoms with Crippen molar-refractivity contribution in [3.63, 3.8) is 0 Å². The number of ether oxygens (including phenoxy) is 2. The predicted octanol–water partition coefficient (Wildman–Crippen LogP) is 3.42. The molecule has 1 heterocycles. The van der Waals surface area contributed by atoms with E-state index in [0.717, 1.165) is 33.5 Å². The van der Waals surface area contributed by atoms with Crippen LogP contribution in [0.5, 0.6) is 11.6 Å². The van der Waals surface area contributed by atoms with Gasteiger partial charge in [-0.2, -0.15) is 0 Å². The van der Waals surface area contributed by atoms with Crippen LogP contribution in [0.4, 0.5) is 5.82 Å². The minimum atomic E-state index is 0.300. The first-order valence-electron chi connectivity index (χ1n) is 7.37. The van der Waals surface area contributed by atoms with E-state index in [9.17, 15) is 0 Å². The van der Waals surface area contributed by atoms with Crippen molar-refractivity contribution in [1.29, 1.82) is 0 Å². The molecule has 2 aromatic carbocycles.